The third kappa shape index (κ3) is 4.93. The molecule has 0 bridgehead atoms. The standard InChI is InChI=1S/C16H28N4O/c1-13(2)20-9-4-5-15(20)7-6-14-11-16(19-12-18-14)17-8-10-21-3/h11-13,15H,4-10H2,1-3H3,(H,17,18,19). The number of rotatable bonds is 8. The van der Waals surface area contributed by atoms with Crippen LogP contribution in [0, 0.1) is 0 Å². The van der Waals surface area contributed by atoms with Gasteiger partial charge >= 0.3 is 0 Å². The average Bonchev–Trinajstić information content (AvgIpc) is 2.94. The Kier molecular flexibility index (Phi) is 6.39. The van der Waals surface area contributed by atoms with E-state index in [4.69, 9.17) is 4.74 Å². The number of hydrogen-bond donors (Lipinski definition) is 1. The highest BCUT2D eigenvalue weighted by Crippen LogP contribution is 2.23. The Bertz CT molecular complexity index is 424. The molecule has 1 aromatic heterocycles. The fourth-order valence-electron chi connectivity index (χ4n) is 3.07. The number of anilines is 1. The van der Waals surface area contributed by atoms with Gasteiger partial charge in [0.1, 0.15) is 12.1 Å². The van der Waals surface area contributed by atoms with Crippen LogP contribution < -0.4 is 5.32 Å². The second-order valence-corrected chi connectivity index (χ2v) is 5.98. The molecule has 1 N–H and O–H groups in total. The summed E-state index contributed by atoms with van der Waals surface area (Å²) in [5, 5.41) is 3.25. The highest BCUT2D eigenvalue weighted by atomic mass is 16.5. The molecule has 1 saturated heterocycles. The van der Waals surface area contributed by atoms with E-state index in [9.17, 15) is 0 Å². The lowest BCUT2D eigenvalue weighted by Gasteiger charge is -2.28. The van der Waals surface area contributed by atoms with Crippen molar-refractivity contribution in [2.75, 3.05) is 32.1 Å². The summed E-state index contributed by atoms with van der Waals surface area (Å²) in [7, 11) is 1.70. The molecule has 1 aliphatic heterocycles. The molecule has 0 radical (unpaired) electrons. The predicted octanol–water partition coefficient (Wildman–Crippen LogP) is 2.34. The van der Waals surface area contributed by atoms with Gasteiger partial charge in [0.15, 0.2) is 0 Å². The number of aryl methyl sites for hydroxylation is 1. The molecule has 0 amide bonds. The SMILES string of the molecule is COCCNc1cc(CCC2CCCN2C(C)C)ncn1. The highest BCUT2D eigenvalue weighted by molar-refractivity contribution is 5.34. The number of methoxy groups -OCH3 is 1. The lowest BCUT2D eigenvalue weighted by Crippen LogP contribution is -2.35. The molecule has 0 saturated carbocycles. The molecular weight excluding hydrogens is 264 g/mol. The smallest absolute Gasteiger partial charge is 0.129 e. The number of nitrogens with one attached hydrogen (secondary N) is 1. The van der Waals surface area contributed by atoms with Crippen LogP contribution in [0.4, 0.5) is 5.82 Å². The van der Waals surface area contributed by atoms with Crippen molar-refractivity contribution in [1.29, 1.82) is 0 Å². The van der Waals surface area contributed by atoms with Gasteiger partial charge in [0.25, 0.3) is 0 Å². The number of likely N-dealkylation sites (tertiary alicyclic amines) is 1. The van der Waals surface area contributed by atoms with Gasteiger partial charge in [-0.1, -0.05) is 0 Å². The molecule has 0 aliphatic carbocycles. The van der Waals surface area contributed by atoms with E-state index < -0.39 is 0 Å². The summed E-state index contributed by atoms with van der Waals surface area (Å²) in [5.74, 6) is 0.893. The zero-order valence-electron chi connectivity index (χ0n) is 13.5. The molecule has 0 spiro atoms. The first-order valence-electron chi connectivity index (χ1n) is 8.00. The summed E-state index contributed by atoms with van der Waals surface area (Å²) < 4.78 is 5.03. The Hall–Kier alpha value is -1.20. The van der Waals surface area contributed by atoms with Gasteiger partial charge in [-0.25, -0.2) is 9.97 Å². The quantitative estimate of drug-likeness (QED) is 0.745. The Morgan fingerprint density at radius 3 is 3.05 bits per heavy atom. The molecule has 1 unspecified atom stereocenters. The first-order valence-corrected chi connectivity index (χ1v) is 8.00. The molecule has 1 aliphatic rings. The van der Waals surface area contributed by atoms with Crippen molar-refractivity contribution in [2.45, 2.75) is 51.6 Å². The number of hydrogen-bond acceptors (Lipinski definition) is 5. The fraction of sp³-hybridized carbons (Fsp3) is 0.750. The minimum atomic E-state index is 0.647. The number of nitrogens with zero attached hydrogens (tertiary/aromatic N) is 3. The molecule has 5 heteroatoms. The van der Waals surface area contributed by atoms with Crippen LogP contribution in [0.25, 0.3) is 0 Å². The van der Waals surface area contributed by atoms with Gasteiger partial charge < -0.3 is 10.1 Å². The molecule has 5 nitrogen and oxygen atoms in total. The third-order valence-electron chi connectivity index (χ3n) is 4.16. The van der Waals surface area contributed by atoms with E-state index in [1.54, 1.807) is 13.4 Å². The average molecular weight is 292 g/mol. The van der Waals surface area contributed by atoms with E-state index >= 15 is 0 Å². The van der Waals surface area contributed by atoms with Gasteiger partial charge in [-0.2, -0.15) is 0 Å². The van der Waals surface area contributed by atoms with Crippen molar-refractivity contribution < 1.29 is 4.74 Å². The molecule has 1 atom stereocenters. The lowest BCUT2D eigenvalue weighted by molar-refractivity contribution is 0.195. The minimum Gasteiger partial charge on any atom is -0.383 e. The van der Waals surface area contributed by atoms with E-state index in [0.29, 0.717) is 18.7 Å². The van der Waals surface area contributed by atoms with E-state index in [2.05, 4.69) is 40.1 Å². The number of aromatic nitrogens is 2. The van der Waals surface area contributed by atoms with Gasteiger partial charge in [0.05, 0.1) is 6.61 Å². The van der Waals surface area contributed by atoms with Crippen molar-refractivity contribution in [1.82, 2.24) is 14.9 Å². The van der Waals surface area contributed by atoms with Gasteiger partial charge in [0, 0.05) is 37.5 Å². The normalized spacial score (nSPS) is 19.3. The molecule has 118 valence electrons. The maximum absolute atomic E-state index is 5.03. The zero-order chi connectivity index (χ0) is 15.1. The molecule has 21 heavy (non-hydrogen) atoms. The van der Waals surface area contributed by atoms with Crippen molar-refractivity contribution in [3.05, 3.63) is 18.1 Å². The summed E-state index contributed by atoms with van der Waals surface area (Å²) in [5.41, 5.74) is 1.13. The van der Waals surface area contributed by atoms with Crippen LogP contribution in [-0.4, -0.2) is 53.8 Å². The Morgan fingerprint density at radius 1 is 1.43 bits per heavy atom. The van der Waals surface area contributed by atoms with Gasteiger partial charge in [-0.15, -0.1) is 0 Å². The molecule has 2 rings (SSSR count). The van der Waals surface area contributed by atoms with Crippen LogP contribution in [-0.2, 0) is 11.2 Å². The monoisotopic (exact) mass is 292 g/mol. The third-order valence-corrected chi connectivity index (χ3v) is 4.16. The predicted molar refractivity (Wildman–Crippen MR) is 85.6 cm³/mol. The van der Waals surface area contributed by atoms with E-state index in [-0.39, 0.29) is 0 Å². The van der Waals surface area contributed by atoms with Crippen LogP contribution in [0.2, 0.25) is 0 Å². The first kappa shape index (κ1) is 16.2. The van der Waals surface area contributed by atoms with E-state index in [1.807, 2.05) is 0 Å². The second-order valence-electron chi connectivity index (χ2n) is 5.98. The fourth-order valence-corrected chi connectivity index (χ4v) is 3.07. The molecular formula is C16H28N4O. The topological polar surface area (TPSA) is 50.3 Å². The maximum atomic E-state index is 5.03. The Balaban J connectivity index is 1.84. The molecule has 2 heterocycles. The second kappa shape index (κ2) is 8.29. The molecule has 1 aromatic rings. The minimum absolute atomic E-state index is 0.647. The van der Waals surface area contributed by atoms with Crippen molar-refractivity contribution in [3.8, 4) is 0 Å². The van der Waals surface area contributed by atoms with Gasteiger partial charge in [-0.3, -0.25) is 4.90 Å². The highest BCUT2D eigenvalue weighted by Gasteiger charge is 2.25. The van der Waals surface area contributed by atoms with Crippen LogP contribution in [0.5, 0.6) is 0 Å². The van der Waals surface area contributed by atoms with Crippen molar-refractivity contribution in [3.63, 3.8) is 0 Å². The maximum Gasteiger partial charge on any atom is 0.129 e. The van der Waals surface area contributed by atoms with Gasteiger partial charge in [-0.05, 0) is 46.1 Å². The summed E-state index contributed by atoms with van der Waals surface area (Å²) in [6.45, 7) is 7.29. The number of ether oxygens (including phenoxy) is 1. The summed E-state index contributed by atoms with van der Waals surface area (Å²) in [4.78, 5) is 11.3. The van der Waals surface area contributed by atoms with Crippen LogP contribution in [0.15, 0.2) is 12.4 Å². The zero-order valence-corrected chi connectivity index (χ0v) is 13.5. The van der Waals surface area contributed by atoms with Gasteiger partial charge in [0.2, 0.25) is 0 Å². The Morgan fingerprint density at radius 2 is 2.29 bits per heavy atom. The van der Waals surface area contributed by atoms with Crippen LogP contribution in [0.3, 0.4) is 0 Å². The first-order chi connectivity index (χ1) is 10.2. The van der Waals surface area contributed by atoms with Crippen molar-refractivity contribution >= 4 is 5.82 Å². The van der Waals surface area contributed by atoms with Crippen LogP contribution in [0.1, 0.15) is 38.8 Å². The molecule has 0 aromatic carbocycles. The van der Waals surface area contributed by atoms with Crippen LogP contribution >= 0.6 is 0 Å². The summed E-state index contributed by atoms with van der Waals surface area (Å²) >= 11 is 0. The largest absolute Gasteiger partial charge is 0.383 e. The Labute approximate surface area is 128 Å². The van der Waals surface area contributed by atoms with Crippen molar-refractivity contribution in [2.24, 2.45) is 0 Å². The summed E-state index contributed by atoms with van der Waals surface area (Å²) in [6.07, 6.45) is 6.51. The van der Waals surface area contributed by atoms with E-state index in [0.717, 1.165) is 24.5 Å². The summed E-state index contributed by atoms with van der Waals surface area (Å²) in [6, 6.07) is 3.42. The lowest BCUT2D eigenvalue weighted by atomic mass is 10.1. The molecule has 1 fully saturated rings. The van der Waals surface area contributed by atoms with E-state index in [1.165, 1.54) is 25.8 Å².